The molecule has 3 aromatic heterocycles. The van der Waals surface area contributed by atoms with Gasteiger partial charge in [0.1, 0.15) is 0 Å². The molecule has 3 heterocycles. The third-order valence-electron chi connectivity index (χ3n) is 2.60. The average molecular weight is 278 g/mol. The summed E-state index contributed by atoms with van der Waals surface area (Å²) >= 11 is 3.51. The molecule has 3 rings (SSSR count). The summed E-state index contributed by atoms with van der Waals surface area (Å²) in [5.74, 6) is 1.61. The Morgan fingerprint density at radius 2 is 2.28 bits per heavy atom. The van der Waals surface area contributed by atoms with Gasteiger partial charge >= 0.3 is 0 Å². The fourth-order valence-corrected chi connectivity index (χ4v) is 3.74. The average Bonchev–Trinajstić information content (AvgIpc) is 3.00. The van der Waals surface area contributed by atoms with E-state index in [0.29, 0.717) is 12.6 Å². The van der Waals surface area contributed by atoms with E-state index in [0.717, 1.165) is 16.5 Å². The van der Waals surface area contributed by atoms with Crippen LogP contribution < -0.4 is 5.32 Å². The maximum Gasteiger partial charge on any atom is 0.208 e. The van der Waals surface area contributed by atoms with E-state index in [1.165, 1.54) is 9.40 Å². The van der Waals surface area contributed by atoms with Gasteiger partial charge in [0.15, 0.2) is 5.76 Å². The molecule has 3 aromatic rings. The molecule has 0 aromatic carbocycles. The first-order chi connectivity index (χ1) is 8.72. The summed E-state index contributed by atoms with van der Waals surface area (Å²) in [4.78, 5) is 5.45. The van der Waals surface area contributed by atoms with E-state index in [2.05, 4.69) is 41.7 Å². The van der Waals surface area contributed by atoms with Crippen molar-refractivity contribution in [2.45, 2.75) is 26.4 Å². The quantitative estimate of drug-likeness (QED) is 0.780. The van der Waals surface area contributed by atoms with Gasteiger partial charge in [-0.1, -0.05) is 13.8 Å². The van der Waals surface area contributed by atoms with Gasteiger partial charge in [0, 0.05) is 15.4 Å². The molecule has 0 unspecified atom stereocenters. The van der Waals surface area contributed by atoms with Gasteiger partial charge in [-0.15, -0.1) is 22.7 Å². The van der Waals surface area contributed by atoms with E-state index in [-0.39, 0.29) is 0 Å². The van der Waals surface area contributed by atoms with Crippen LogP contribution in [-0.2, 0) is 6.54 Å². The number of hydrogen-bond donors (Lipinski definition) is 1. The van der Waals surface area contributed by atoms with Gasteiger partial charge in [-0.3, -0.25) is 0 Å². The van der Waals surface area contributed by atoms with Crippen LogP contribution in [0.2, 0.25) is 0 Å². The van der Waals surface area contributed by atoms with Crippen LogP contribution in [0.1, 0.15) is 19.7 Å². The van der Waals surface area contributed by atoms with Crippen LogP contribution in [0.4, 0.5) is 0 Å². The Bertz CT molecular complexity index is 622. The zero-order valence-corrected chi connectivity index (χ0v) is 11.9. The predicted octanol–water partition coefficient (Wildman–Crippen LogP) is 4.12. The van der Waals surface area contributed by atoms with Gasteiger partial charge < -0.3 is 9.73 Å². The molecule has 94 valence electrons. The van der Waals surface area contributed by atoms with E-state index >= 15 is 0 Å². The Morgan fingerprint density at radius 3 is 3.06 bits per heavy atom. The van der Waals surface area contributed by atoms with Crippen LogP contribution >= 0.6 is 22.7 Å². The summed E-state index contributed by atoms with van der Waals surface area (Å²) in [6.07, 6.45) is 1.81. The Hall–Kier alpha value is -1.17. The number of hydrogen-bond acceptors (Lipinski definition) is 5. The first-order valence-electron chi connectivity index (χ1n) is 5.88. The Balaban J connectivity index is 1.82. The second kappa shape index (κ2) is 4.84. The Morgan fingerprint density at radius 1 is 1.39 bits per heavy atom. The standard InChI is InChI=1S/C13H14N2OS2/c1-8(2)14-7-13-15-6-9(16-13)11-5-12-10(18-11)3-4-17-12/h3-6,8,14H,7H2,1-2H3. The highest BCUT2D eigenvalue weighted by Crippen LogP contribution is 2.36. The van der Waals surface area contributed by atoms with Crippen LogP contribution in [0.5, 0.6) is 0 Å². The number of rotatable bonds is 4. The molecule has 0 amide bonds. The van der Waals surface area contributed by atoms with E-state index in [4.69, 9.17) is 4.42 Å². The molecule has 3 nitrogen and oxygen atoms in total. The van der Waals surface area contributed by atoms with Crippen LogP contribution in [-0.4, -0.2) is 11.0 Å². The highest BCUT2D eigenvalue weighted by molar-refractivity contribution is 7.28. The van der Waals surface area contributed by atoms with Gasteiger partial charge in [0.25, 0.3) is 0 Å². The lowest BCUT2D eigenvalue weighted by Crippen LogP contribution is -2.21. The molecule has 0 bridgehead atoms. The fourth-order valence-electron chi connectivity index (χ4n) is 1.68. The summed E-state index contributed by atoms with van der Waals surface area (Å²) in [5.41, 5.74) is 0. The minimum absolute atomic E-state index is 0.437. The van der Waals surface area contributed by atoms with Crippen molar-refractivity contribution < 1.29 is 4.42 Å². The molecule has 0 aliphatic carbocycles. The lowest BCUT2D eigenvalue weighted by molar-refractivity contribution is 0.459. The maximum absolute atomic E-state index is 5.76. The molecule has 18 heavy (non-hydrogen) atoms. The fraction of sp³-hybridized carbons (Fsp3) is 0.308. The second-order valence-electron chi connectivity index (χ2n) is 4.41. The first kappa shape index (κ1) is 11.9. The topological polar surface area (TPSA) is 38.1 Å². The third kappa shape index (κ3) is 2.34. The Kier molecular flexibility index (Phi) is 3.20. The van der Waals surface area contributed by atoms with Gasteiger partial charge in [-0.2, -0.15) is 0 Å². The normalized spacial score (nSPS) is 11.7. The zero-order chi connectivity index (χ0) is 12.5. The molecule has 0 aliphatic rings. The molecule has 0 aliphatic heterocycles. The maximum atomic E-state index is 5.76. The van der Waals surface area contributed by atoms with Crippen molar-refractivity contribution >= 4 is 32.1 Å². The summed E-state index contributed by atoms with van der Waals surface area (Å²) in [6.45, 7) is 4.89. The van der Waals surface area contributed by atoms with Gasteiger partial charge in [-0.05, 0) is 17.5 Å². The molecule has 1 N–H and O–H groups in total. The number of thiophene rings is 2. The smallest absolute Gasteiger partial charge is 0.208 e. The van der Waals surface area contributed by atoms with Crippen LogP contribution in [0.25, 0.3) is 20.0 Å². The van der Waals surface area contributed by atoms with Crippen LogP contribution in [0, 0.1) is 0 Å². The number of oxazole rings is 1. The van der Waals surface area contributed by atoms with Crippen molar-refractivity contribution in [1.29, 1.82) is 0 Å². The SMILES string of the molecule is CC(C)NCc1ncc(-c2cc3sccc3s2)o1. The van der Waals surface area contributed by atoms with Crippen molar-refractivity contribution in [2.24, 2.45) is 0 Å². The number of nitrogens with one attached hydrogen (secondary N) is 1. The number of nitrogens with zero attached hydrogens (tertiary/aromatic N) is 1. The minimum atomic E-state index is 0.437. The van der Waals surface area contributed by atoms with Crippen molar-refractivity contribution in [2.75, 3.05) is 0 Å². The van der Waals surface area contributed by atoms with Gasteiger partial charge in [-0.25, -0.2) is 4.98 Å². The molecule has 5 heteroatoms. The molecule has 0 fully saturated rings. The molecule has 0 saturated carbocycles. The monoisotopic (exact) mass is 278 g/mol. The third-order valence-corrected chi connectivity index (χ3v) is 4.71. The van der Waals surface area contributed by atoms with Crippen LogP contribution in [0.15, 0.2) is 28.1 Å². The summed E-state index contributed by atoms with van der Waals surface area (Å²) < 4.78 is 8.39. The zero-order valence-electron chi connectivity index (χ0n) is 10.3. The van der Waals surface area contributed by atoms with Crippen LogP contribution in [0.3, 0.4) is 0 Å². The highest BCUT2D eigenvalue weighted by atomic mass is 32.1. The lowest BCUT2D eigenvalue weighted by atomic mass is 10.4. The largest absolute Gasteiger partial charge is 0.438 e. The second-order valence-corrected chi connectivity index (χ2v) is 6.45. The number of fused-ring (bicyclic) bond motifs is 1. The number of aromatic nitrogens is 1. The van der Waals surface area contributed by atoms with Crippen molar-refractivity contribution in [3.63, 3.8) is 0 Å². The van der Waals surface area contributed by atoms with E-state index in [9.17, 15) is 0 Å². The molecule has 0 saturated heterocycles. The van der Waals surface area contributed by atoms with Gasteiger partial charge in [0.2, 0.25) is 5.89 Å². The van der Waals surface area contributed by atoms with E-state index < -0.39 is 0 Å². The molecular weight excluding hydrogens is 264 g/mol. The van der Waals surface area contributed by atoms with E-state index in [1.54, 1.807) is 22.7 Å². The molecular formula is C13H14N2OS2. The van der Waals surface area contributed by atoms with Crippen molar-refractivity contribution in [3.8, 4) is 10.6 Å². The van der Waals surface area contributed by atoms with Crippen molar-refractivity contribution in [3.05, 3.63) is 29.6 Å². The summed E-state index contributed by atoms with van der Waals surface area (Å²) in [5, 5.41) is 5.41. The molecule has 0 spiro atoms. The molecule has 0 atom stereocenters. The molecule has 0 radical (unpaired) electrons. The van der Waals surface area contributed by atoms with E-state index in [1.807, 2.05) is 6.20 Å². The lowest BCUT2D eigenvalue weighted by Gasteiger charge is -2.03. The van der Waals surface area contributed by atoms with Gasteiger partial charge in [0.05, 0.1) is 17.6 Å². The van der Waals surface area contributed by atoms with Crippen molar-refractivity contribution in [1.82, 2.24) is 10.3 Å². The Labute approximate surface area is 113 Å². The predicted molar refractivity (Wildman–Crippen MR) is 77.2 cm³/mol. The minimum Gasteiger partial charge on any atom is -0.438 e. The summed E-state index contributed by atoms with van der Waals surface area (Å²) in [7, 11) is 0. The summed E-state index contributed by atoms with van der Waals surface area (Å²) in [6, 6.07) is 4.75. The highest BCUT2D eigenvalue weighted by Gasteiger charge is 2.10. The first-order valence-corrected chi connectivity index (χ1v) is 7.57.